The first-order chi connectivity index (χ1) is 8.20. The van der Waals surface area contributed by atoms with Gasteiger partial charge in [0.25, 0.3) is 5.91 Å². The number of thiol groups is 1. The molecule has 0 aliphatic carbocycles. The van der Waals surface area contributed by atoms with Gasteiger partial charge in [-0.2, -0.15) is 0 Å². The molecule has 0 spiro atoms. The van der Waals surface area contributed by atoms with Gasteiger partial charge in [0.2, 0.25) is 0 Å². The molecule has 0 bridgehead atoms. The molecule has 1 aromatic rings. The highest BCUT2D eigenvalue weighted by Gasteiger charge is 2.15. The highest BCUT2D eigenvalue weighted by molar-refractivity contribution is 7.80. The summed E-state index contributed by atoms with van der Waals surface area (Å²) in [6, 6.07) is 7.35. The summed E-state index contributed by atoms with van der Waals surface area (Å²) in [5.74, 6) is 0.0119. The zero-order valence-electron chi connectivity index (χ0n) is 10.3. The van der Waals surface area contributed by atoms with Crippen LogP contribution >= 0.6 is 12.6 Å². The van der Waals surface area contributed by atoms with Crippen molar-refractivity contribution in [2.75, 3.05) is 26.3 Å². The number of ether oxygens (including phenoxy) is 1. The Morgan fingerprint density at radius 1 is 1.35 bits per heavy atom. The highest BCUT2D eigenvalue weighted by atomic mass is 32.1. The van der Waals surface area contributed by atoms with E-state index in [2.05, 4.69) is 12.6 Å². The number of hydrogen-bond donors (Lipinski definition) is 1. The van der Waals surface area contributed by atoms with E-state index in [1.54, 1.807) is 11.0 Å². The first kappa shape index (κ1) is 14.1. The third-order valence-electron chi connectivity index (χ3n) is 2.51. The van der Waals surface area contributed by atoms with E-state index < -0.39 is 0 Å². The Hall–Kier alpha value is -1.00. The molecule has 0 heterocycles. The molecule has 17 heavy (non-hydrogen) atoms. The molecule has 3 nitrogen and oxygen atoms in total. The second-order valence-corrected chi connectivity index (χ2v) is 4.08. The maximum atomic E-state index is 12.2. The molecule has 0 saturated carbocycles. The largest absolute Gasteiger partial charge is 0.380 e. The lowest BCUT2D eigenvalue weighted by Crippen LogP contribution is -2.34. The predicted octanol–water partition coefficient (Wildman–Crippen LogP) is 2.47. The summed E-state index contributed by atoms with van der Waals surface area (Å²) in [5.41, 5.74) is 0.647. The van der Waals surface area contributed by atoms with Crippen LogP contribution in [0.25, 0.3) is 0 Å². The summed E-state index contributed by atoms with van der Waals surface area (Å²) in [5, 5.41) is 0. The maximum absolute atomic E-state index is 12.2. The van der Waals surface area contributed by atoms with Crippen LogP contribution in [-0.4, -0.2) is 37.1 Å². The molecule has 0 unspecified atom stereocenters. The summed E-state index contributed by atoms with van der Waals surface area (Å²) in [6.07, 6.45) is 0. The monoisotopic (exact) mass is 253 g/mol. The van der Waals surface area contributed by atoms with Gasteiger partial charge in [0, 0.05) is 24.6 Å². The number of amides is 1. The van der Waals surface area contributed by atoms with E-state index in [4.69, 9.17) is 4.74 Å². The maximum Gasteiger partial charge on any atom is 0.255 e. The van der Waals surface area contributed by atoms with E-state index in [0.717, 1.165) is 0 Å². The highest BCUT2D eigenvalue weighted by Crippen LogP contribution is 2.15. The van der Waals surface area contributed by atoms with Crippen LogP contribution in [0, 0.1) is 0 Å². The molecule has 0 N–H and O–H groups in total. The Morgan fingerprint density at radius 2 is 2.06 bits per heavy atom. The molecule has 0 fully saturated rings. The smallest absolute Gasteiger partial charge is 0.255 e. The molecular weight excluding hydrogens is 234 g/mol. The van der Waals surface area contributed by atoms with Gasteiger partial charge in [0.05, 0.1) is 12.2 Å². The predicted molar refractivity (Wildman–Crippen MR) is 71.8 cm³/mol. The minimum Gasteiger partial charge on any atom is -0.380 e. The van der Waals surface area contributed by atoms with Gasteiger partial charge < -0.3 is 9.64 Å². The van der Waals surface area contributed by atoms with Crippen molar-refractivity contribution in [2.45, 2.75) is 18.7 Å². The van der Waals surface area contributed by atoms with Crippen molar-refractivity contribution in [2.24, 2.45) is 0 Å². The van der Waals surface area contributed by atoms with Gasteiger partial charge in [-0.05, 0) is 26.0 Å². The first-order valence-electron chi connectivity index (χ1n) is 5.85. The van der Waals surface area contributed by atoms with Crippen molar-refractivity contribution >= 4 is 18.5 Å². The van der Waals surface area contributed by atoms with Crippen LogP contribution in [0.3, 0.4) is 0 Å². The van der Waals surface area contributed by atoms with Gasteiger partial charge in [-0.15, -0.1) is 12.6 Å². The minimum atomic E-state index is 0.0119. The van der Waals surface area contributed by atoms with Crippen molar-refractivity contribution in [3.63, 3.8) is 0 Å². The fraction of sp³-hybridized carbons (Fsp3) is 0.462. The van der Waals surface area contributed by atoms with Crippen molar-refractivity contribution in [3.8, 4) is 0 Å². The quantitative estimate of drug-likeness (QED) is 0.623. The summed E-state index contributed by atoms with van der Waals surface area (Å²) in [4.78, 5) is 14.7. The minimum absolute atomic E-state index is 0.0119. The van der Waals surface area contributed by atoms with Crippen LogP contribution in [-0.2, 0) is 4.74 Å². The molecule has 4 heteroatoms. The Kier molecular flexibility index (Phi) is 6.08. The number of carbonyl (C=O) groups is 1. The van der Waals surface area contributed by atoms with Crippen molar-refractivity contribution in [3.05, 3.63) is 29.8 Å². The van der Waals surface area contributed by atoms with E-state index in [1.165, 1.54) is 0 Å². The third kappa shape index (κ3) is 4.06. The lowest BCUT2D eigenvalue weighted by atomic mass is 10.2. The number of nitrogens with zero attached hydrogens (tertiary/aromatic N) is 1. The van der Waals surface area contributed by atoms with Gasteiger partial charge in [0.15, 0.2) is 0 Å². The Bertz CT molecular complexity index is 368. The van der Waals surface area contributed by atoms with Gasteiger partial charge in [0.1, 0.15) is 0 Å². The van der Waals surface area contributed by atoms with Gasteiger partial charge in [-0.25, -0.2) is 0 Å². The average Bonchev–Trinajstić information content (AvgIpc) is 2.35. The molecule has 1 aromatic carbocycles. The molecular formula is C13H19NO2S. The molecule has 0 aliphatic rings. The van der Waals surface area contributed by atoms with Crippen LogP contribution in [0.2, 0.25) is 0 Å². The van der Waals surface area contributed by atoms with Gasteiger partial charge >= 0.3 is 0 Å². The number of rotatable bonds is 6. The standard InChI is InChI=1S/C13H19NO2S/c1-3-14(9-10-16-4-2)13(15)11-7-5-6-8-12(11)17/h5-8,17H,3-4,9-10H2,1-2H3. The average molecular weight is 253 g/mol. The van der Waals surface area contributed by atoms with Crippen LogP contribution < -0.4 is 0 Å². The number of likely N-dealkylation sites (N-methyl/N-ethyl adjacent to an activating group) is 1. The molecule has 0 aliphatic heterocycles. The third-order valence-corrected chi connectivity index (χ3v) is 2.90. The zero-order valence-corrected chi connectivity index (χ0v) is 11.2. The van der Waals surface area contributed by atoms with Gasteiger partial charge in [-0.1, -0.05) is 12.1 Å². The lowest BCUT2D eigenvalue weighted by molar-refractivity contribution is 0.0666. The fourth-order valence-corrected chi connectivity index (χ4v) is 1.80. The van der Waals surface area contributed by atoms with E-state index in [9.17, 15) is 4.79 Å². The number of benzene rings is 1. The van der Waals surface area contributed by atoms with Crippen LogP contribution in [0.4, 0.5) is 0 Å². The van der Waals surface area contributed by atoms with Crippen molar-refractivity contribution in [1.29, 1.82) is 0 Å². The normalized spacial score (nSPS) is 10.3. The summed E-state index contributed by atoms with van der Waals surface area (Å²) >= 11 is 4.30. The summed E-state index contributed by atoms with van der Waals surface area (Å²) in [7, 11) is 0. The van der Waals surface area contributed by atoms with Crippen molar-refractivity contribution in [1.82, 2.24) is 4.90 Å². The molecule has 0 atom stereocenters. The second kappa shape index (κ2) is 7.35. The Labute approximate surface area is 108 Å². The molecule has 0 radical (unpaired) electrons. The lowest BCUT2D eigenvalue weighted by Gasteiger charge is -2.21. The van der Waals surface area contributed by atoms with Crippen LogP contribution in [0.15, 0.2) is 29.2 Å². The summed E-state index contributed by atoms with van der Waals surface area (Å²) in [6.45, 7) is 6.45. The van der Waals surface area contributed by atoms with Crippen LogP contribution in [0.1, 0.15) is 24.2 Å². The molecule has 1 amide bonds. The van der Waals surface area contributed by atoms with E-state index >= 15 is 0 Å². The van der Waals surface area contributed by atoms with E-state index in [1.807, 2.05) is 32.0 Å². The SMILES string of the molecule is CCOCCN(CC)C(=O)c1ccccc1S. The fourth-order valence-electron chi connectivity index (χ4n) is 1.55. The molecule has 0 saturated heterocycles. The second-order valence-electron chi connectivity index (χ2n) is 3.60. The van der Waals surface area contributed by atoms with E-state index in [0.29, 0.717) is 36.8 Å². The number of carbonyl (C=O) groups excluding carboxylic acids is 1. The Balaban J connectivity index is 2.69. The number of hydrogen-bond acceptors (Lipinski definition) is 3. The van der Waals surface area contributed by atoms with E-state index in [-0.39, 0.29) is 5.91 Å². The van der Waals surface area contributed by atoms with Crippen LogP contribution in [0.5, 0.6) is 0 Å². The van der Waals surface area contributed by atoms with Crippen molar-refractivity contribution < 1.29 is 9.53 Å². The zero-order chi connectivity index (χ0) is 12.7. The van der Waals surface area contributed by atoms with Gasteiger partial charge in [-0.3, -0.25) is 4.79 Å². The summed E-state index contributed by atoms with van der Waals surface area (Å²) < 4.78 is 5.27. The molecule has 94 valence electrons. The molecule has 1 rings (SSSR count). The molecule has 0 aromatic heterocycles. The Morgan fingerprint density at radius 3 is 2.65 bits per heavy atom. The topological polar surface area (TPSA) is 29.5 Å². The first-order valence-corrected chi connectivity index (χ1v) is 6.30.